The molecule has 3 rings (SSSR count). The van der Waals surface area contributed by atoms with Crippen LogP contribution in [0.4, 0.5) is 0 Å². The Labute approximate surface area is 144 Å². The van der Waals surface area contributed by atoms with Gasteiger partial charge < -0.3 is 0 Å². The van der Waals surface area contributed by atoms with Crippen LogP contribution in [-0.2, 0) is 6.04 Å². The number of rotatable bonds is 5. The minimum Gasteiger partial charge on any atom is -0.0774 e. The number of benzene rings is 1. The second-order valence-electron chi connectivity index (χ2n) is 7.63. The third-order valence-corrected chi connectivity index (χ3v) is 9.78. The molecule has 0 N–H and O–H groups in total. The van der Waals surface area contributed by atoms with E-state index in [1.165, 1.54) is 55.7 Å². The lowest BCUT2D eigenvalue weighted by molar-refractivity contribution is 0.355. The van der Waals surface area contributed by atoms with Crippen molar-refractivity contribution in [1.29, 1.82) is 0 Å². The predicted molar refractivity (Wildman–Crippen MR) is 106 cm³/mol. The number of hydrogen-bond donors (Lipinski definition) is 0. The average molecular weight is 325 g/mol. The molecule has 0 bridgehead atoms. The molecular formula is C22H32Si. The molecule has 0 unspecified atom stereocenters. The van der Waals surface area contributed by atoms with E-state index in [0.29, 0.717) is 5.41 Å². The molecule has 23 heavy (non-hydrogen) atoms. The molecule has 1 heterocycles. The highest BCUT2D eigenvalue weighted by atomic mass is 28.3. The standard InChI is InChI=1S/C22H32Si/c1-3-22(4-2)14-12-19(13-15-22)21-11-7-6-10-20(21)18-23-16-8-5-9-17-23/h6-7,10-14,23H,3-5,8-9,15-18H2,1-2H3. The van der Waals surface area contributed by atoms with Crippen LogP contribution < -0.4 is 0 Å². The quantitative estimate of drug-likeness (QED) is 0.555. The van der Waals surface area contributed by atoms with Gasteiger partial charge in [0.15, 0.2) is 0 Å². The van der Waals surface area contributed by atoms with Crippen molar-refractivity contribution in [3.63, 3.8) is 0 Å². The molecule has 1 heteroatoms. The molecule has 0 aromatic heterocycles. The van der Waals surface area contributed by atoms with E-state index >= 15 is 0 Å². The first-order chi connectivity index (χ1) is 11.3. The Bertz CT molecular complexity index is 571. The summed E-state index contributed by atoms with van der Waals surface area (Å²) in [5.74, 6) is 0. The van der Waals surface area contributed by atoms with Crippen LogP contribution in [0, 0.1) is 5.41 Å². The van der Waals surface area contributed by atoms with Crippen molar-refractivity contribution in [3.05, 3.63) is 53.6 Å². The Hall–Kier alpha value is -1.08. The largest absolute Gasteiger partial charge is 0.0774 e. The van der Waals surface area contributed by atoms with Gasteiger partial charge in [0, 0.05) is 8.80 Å². The third kappa shape index (κ3) is 3.88. The molecule has 1 fully saturated rings. The van der Waals surface area contributed by atoms with Gasteiger partial charge in [-0.3, -0.25) is 0 Å². The molecule has 1 aliphatic carbocycles. The van der Waals surface area contributed by atoms with E-state index in [1.807, 2.05) is 0 Å². The fourth-order valence-corrected chi connectivity index (χ4v) is 7.78. The van der Waals surface area contributed by atoms with E-state index in [1.54, 1.807) is 17.7 Å². The minimum atomic E-state index is -0.525. The molecule has 124 valence electrons. The normalized spacial score (nSPS) is 21.2. The zero-order valence-electron chi connectivity index (χ0n) is 15.0. The van der Waals surface area contributed by atoms with E-state index in [0.717, 1.165) is 0 Å². The summed E-state index contributed by atoms with van der Waals surface area (Å²) in [5.41, 5.74) is 5.03. The van der Waals surface area contributed by atoms with Crippen LogP contribution in [0.25, 0.3) is 5.57 Å². The summed E-state index contributed by atoms with van der Waals surface area (Å²) in [6.07, 6.45) is 15.6. The summed E-state index contributed by atoms with van der Waals surface area (Å²) in [6, 6.07) is 13.8. The van der Waals surface area contributed by atoms with Crippen LogP contribution in [0.3, 0.4) is 0 Å². The molecule has 2 aliphatic rings. The van der Waals surface area contributed by atoms with Gasteiger partial charge in [-0.25, -0.2) is 0 Å². The molecule has 0 atom stereocenters. The van der Waals surface area contributed by atoms with Crippen molar-refractivity contribution >= 4 is 14.4 Å². The Morgan fingerprint density at radius 1 is 1.00 bits per heavy atom. The van der Waals surface area contributed by atoms with E-state index in [9.17, 15) is 0 Å². The summed E-state index contributed by atoms with van der Waals surface area (Å²) in [5, 5.41) is 0. The van der Waals surface area contributed by atoms with Crippen molar-refractivity contribution in [2.75, 3.05) is 0 Å². The molecule has 1 aromatic carbocycles. The summed E-state index contributed by atoms with van der Waals surface area (Å²) in [4.78, 5) is 0. The van der Waals surface area contributed by atoms with Gasteiger partial charge in [0.05, 0.1) is 0 Å². The van der Waals surface area contributed by atoms with Crippen molar-refractivity contribution < 1.29 is 0 Å². The average Bonchev–Trinajstić information content (AvgIpc) is 2.63. The highest BCUT2D eigenvalue weighted by molar-refractivity contribution is 6.58. The number of hydrogen-bond acceptors (Lipinski definition) is 0. The Morgan fingerprint density at radius 2 is 1.74 bits per heavy atom. The van der Waals surface area contributed by atoms with Crippen molar-refractivity contribution in [2.24, 2.45) is 5.41 Å². The summed E-state index contributed by atoms with van der Waals surface area (Å²) < 4.78 is 0. The first kappa shape index (κ1) is 16.8. The molecule has 0 nitrogen and oxygen atoms in total. The van der Waals surface area contributed by atoms with Crippen molar-refractivity contribution in [1.82, 2.24) is 0 Å². The monoisotopic (exact) mass is 324 g/mol. The fourth-order valence-electron chi connectivity index (χ4n) is 4.37. The van der Waals surface area contributed by atoms with Gasteiger partial charge >= 0.3 is 0 Å². The molecule has 0 radical (unpaired) electrons. The molecular weight excluding hydrogens is 292 g/mol. The zero-order chi connectivity index (χ0) is 16.1. The Balaban J connectivity index is 1.78. The first-order valence-corrected chi connectivity index (χ1v) is 12.2. The van der Waals surface area contributed by atoms with Gasteiger partial charge in [0.2, 0.25) is 0 Å². The van der Waals surface area contributed by atoms with Crippen LogP contribution in [0.5, 0.6) is 0 Å². The van der Waals surface area contributed by atoms with Gasteiger partial charge in [-0.1, -0.05) is 87.7 Å². The second-order valence-corrected chi connectivity index (χ2v) is 10.9. The molecule has 1 saturated heterocycles. The highest BCUT2D eigenvalue weighted by Gasteiger charge is 2.25. The lowest BCUT2D eigenvalue weighted by Crippen LogP contribution is -2.20. The number of allylic oxidation sites excluding steroid dienone is 4. The maximum Gasteiger partial charge on any atom is 0.0413 e. The van der Waals surface area contributed by atoms with Gasteiger partial charge in [-0.2, -0.15) is 0 Å². The predicted octanol–water partition coefficient (Wildman–Crippen LogP) is 6.33. The lowest BCUT2D eigenvalue weighted by atomic mass is 9.75. The van der Waals surface area contributed by atoms with Crippen LogP contribution in [0.1, 0.15) is 63.5 Å². The molecule has 1 aliphatic heterocycles. The zero-order valence-corrected chi connectivity index (χ0v) is 16.1. The Kier molecular flexibility index (Phi) is 5.58. The summed E-state index contributed by atoms with van der Waals surface area (Å²) in [7, 11) is -0.525. The topological polar surface area (TPSA) is 0 Å². The van der Waals surface area contributed by atoms with Gasteiger partial charge in [-0.15, -0.1) is 0 Å². The van der Waals surface area contributed by atoms with Gasteiger partial charge in [-0.05, 0) is 47.4 Å². The molecule has 0 spiro atoms. The maximum absolute atomic E-state index is 2.51. The lowest BCUT2D eigenvalue weighted by Gasteiger charge is -2.30. The van der Waals surface area contributed by atoms with Crippen molar-refractivity contribution in [3.8, 4) is 0 Å². The summed E-state index contributed by atoms with van der Waals surface area (Å²) in [6.45, 7) is 4.66. The summed E-state index contributed by atoms with van der Waals surface area (Å²) >= 11 is 0. The molecule has 1 aromatic rings. The van der Waals surface area contributed by atoms with E-state index in [-0.39, 0.29) is 0 Å². The SMILES string of the molecule is CCC1(CC)C=CC(c2ccccc2C[SiH]2CCCCC2)=CC1. The highest BCUT2D eigenvalue weighted by Crippen LogP contribution is 2.39. The van der Waals surface area contributed by atoms with Crippen LogP contribution >= 0.6 is 0 Å². The van der Waals surface area contributed by atoms with Crippen LogP contribution in [0.15, 0.2) is 42.5 Å². The molecule has 0 amide bonds. The van der Waals surface area contributed by atoms with E-state index < -0.39 is 8.80 Å². The van der Waals surface area contributed by atoms with Gasteiger partial charge in [0.25, 0.3) is 0 Å². The Morgan fingerprint density at radius 3 is 2.39 bits per heavy atom. The minimum absolute atomic E-state index is 0.413. The van der Waals surface area contributed by atoms with Crippen LogP contribution in [-0.4, -0.2) is 8.80 Å². The van der Waals surface area contributed by atoms with Crippen LogP contribution in [0.2, 0.25) is 12.1 Å². The third-order valence-electron chi connectivity index (χ3n) is 6.31. The maximum atomic E-state index is 2.51. The smallest absolute Gasteiger partial charge is 0.0413 e. The van der Waals surface area contributed by atoms with Gasteiger partial charge in [0.1, 0.15) is 0 Å². The van der Waals surface area contributed by atoms with E-state index in [2.05, 4.69) is 56.3 Å². The second kappa shape index (κ2) is 7.66. The first-order valence-electron chi connectivity index (χ1n) is 9.74. The van der Waals surface area contributed by atoms with Crippen molar-refractivity contribution in [2.45, 2.75) is 70.5 Å². The molecule has 0 saturated carbocycles. The fraction of sp³-hybridized carbons (Fsp3) is 0.545. The van der Waals surface area contributed by atoms with E-state index in [4.69, 9.17) is 0 Å².